The summed E-state index contributed by atoms with van der Waals surface area (Å²) in [6.45, 7) is 19.9. The van der Waals surface area contributed by atoms with Crippen molar-refractivity contribution < 1.29 is 0 Å². The minimum Gasteiger partial charge on any atom is -0.251 e. The van der Waals surface area contributed by atoms with Crippen molar-refractivity contribution in [3.8, 4) is 22.8 Å². The van der Waals surface area contributed by atoms with Crippen LogP contribution < -0.4 is 0 Å². The number of hydrogen-bond donors (Lipinski definition) is 0. The second-order valence-electron chi connectivity index (χ2n) is 23.7. The van der Waals surface area contributed by atoms with E-state index >= 15 is 0 Å². The van der Waals surface area contributed by atoms with Gasteiger partial charge in [0, 0.05) is 34.6 Å². The van der Waals surface area contributed by atoms with Gasteiger partial charge < -0.3 is 0 Å². The highest BCUT2D eigenvalue weighted by atomic mass is 14.9. The van der Waals surface area contributed by atoms with Crippen LogP contribution in [0.5, 0.6) is 0 Å². The van der Waals surface area contributed by atoms with Crippen molar-refractivity contribution in [1.82, 2.24) is 19.9 Å². The van der Waals surface area contributed by atoms with E-state index in [9.17, 15) is 0 Å². The molecule has 4 fully saturated rings. The predicted octanol–water partition coefficient (Wildman–Crippen LogP) is 12.9. The lowest BCUT2D eigenvalue weighted by atomic mass is 9.44. The summed E-state index contributed by atoms with van der Waals surface area (Å²) in [4.78, 5) is 21.7. The highest BCUT2D eigenvalue weighted by molar-refractivity contribution is 5.60. The Labute approximate surface area is 357 Å². The van der Waals surface area contributed by atoms with E-state index in [0.29, 0.717) is 69.0 Å². The van der Waals surface area contributed by atoms with Gasteiger partial charge in [-0.3, -0.25) is 19.9 Å². The average Bonchev–Trinajstić information content (AvgIpc) is 3.25. The molecule has 17 rings (SSSR count). The van der Waals surface area contributed by atoms with Gasteiger partial charge in [-0.1, -0.05) is 104 Å². The van der Waals surface area contributed by atoms with Crippen molar-refractivity contribution in [2.75, 3.05) is 0 Å². The second kappa shape index (κ2) is 11.8. The Morgan fingerprint density at radius 3 is 1.12 bits per heavy atom. The number of rotatable bonds is 6. The molecular formula is C56H62N4. The maximum atomic E-state index is 5.54. The Bertz CT molecular complexity index is 2460. The molecule has 0 amide bonds. The van der Waals surface area contributed by atoms with Gasteiger partial charge >= 0.3 is 0 Å². The molecule has 4 heterocycles. The van der Waals surface area contributed by atoms with Crippen LogP contribution in [-0.4, -0.2) is 19.9 Å². The first-order valence-electron chi connectivity index (χ1n) is 23.8. The van der Waals surface area contributed by atoms with E-state index in [1.807, 2.05) is 0 Å². The Morgan fingerprint density at radius 2 is 0.750 bits per heavy atom. The quantitative estimate of drug-likeness (QED) is 0.172. The molecule has 4 nitrogen and oxygen atoms in total. The van der Waals surface area contributed by atoms with Crippen molar-refractivity contribution in [3.05, 3.63) is 129 Å². The Balaban J connectivity index is 0.775. The maximum absolute atomic E-state index is 5.54. The first-order chi connectivity index (χ1) is 28.7. The first-order valence-corrected chi connectivity index (χ1v) is 23.8. The van der Waals surface area contributed by atoms with E-state index in [2.05, 4.69) is 128 Å². The molecule has 0 saturated heterocycles. The molecule has 4 saturated carbocycles. The summed E-state index contributed by atoms with van der Waals surface area (Å²) >= 11 is 0. The van der Waals surface area contributed by atoms with Gasteiger partial charge in [0.1, 0.15) is 0 Å². The van der Waals surface area contributed by atoms with Crippen molar-refractivity contribution in [1.29, 1.82) is 0 Å². The van der Waals surface area contributed by atoms with Gasteiger partial charge in [-0.05, 0) is 178 Å². The molecule has 1 aromatic carbocycles. The van der Waals surface area contributed by atoms with E-state index in [1.165, 1.54) is 81.8 Å². The number of hydrogen-bond acceptors (Lipinski definition) is 4. The Kier molecular flexibility index (Phi) is 7.20. The van der Waals surface area contributed by atoms with E-state index < -0.39 is 0 Å². The Morgan fingerprint density at radius 1 is 0.400 bits per heavy atom. The van der Waals surface area contributed by atoms with E-state index in [0.717, 1.165) is 60.3 Å². The Hall–Kier alpha value is -4.18. The van der Waals surface area contributed by atoms with E-state index in [1.54, 1.807) is 0 Å². The summed E-state index contributed by atoms with van der Waals surface area (Å²) in [5.74, 6) is 6.21. The van der Waals surface area contributed by atoms with Crippen molar-refractivity contribution in [2.24, 2.45) is 45.3 Å². The highest BCUT2D eigenvalue weighted by Gasteiger charge is 2.59. The third kappa shape index (κ3) is 4.75. The van der Waals surface area contributed by atoms with Gasteiger partial charge in [0.05, 0.1) is 22.8 Å². The first kappa shape index (κ1) is 36.5. The van der Waals surface area contributed by atoms with E-state index in [-0.39, 0.29) is 0 Å². The van der Waals surface area contributed by atoms with Gasteiger partial charge in [-0.15, -0.1) is 0 Å². The summed E-state index contributed by atoms with van der Waals surface area (Å²) in [7, 11) is 0. The summed E-state index contributed by atoms with van der Waals surface area (Å²) in [5.41, 5.74) is 19.8. The van der Waals surface area contributed by atoms with Gasteiger partial charge in [-0.25, -0.2) is 0 Å². The summed E-state index contributed by atoms with van der Waals surface area (Å²) in [5, 5.41) is 0. The van der Waals surface area contributed by atoms with Crippen LogP contribution in [0.4, 0.5) is 0 Å². The molecular weight excluding hydrogens is 729 g/mol. The molecule has 306 valence electrons. The molecule has 0 spiro atoms. The van der Waals surface area contributed by atoms with E-state index in [4.69, 9.17) is 19.9 Å². The molecule has 12 aliphatic carbocycles. The van der Waals surface area contributed by atoms with Crippen molar-refractivity contribution in [2.45, 2.75) is 142 Å². The van der Waals surface area contributed by atoms with Crippen LogP contribution in [0.3, 0.4) is 0 Å². The third-order valence-electron chi connectivity index (χ3n) is 20.1. The summed E-state index contributed by atoms with van der Waals surface area (Å²) < 4.78 is 0. The number of pyridine rings is 4. The molecule has 0 N–H and O–H groups in total. The van der Waals surface area contributed by atoms with Crippen LogP contribution >= 0.6 is 0 Å². The lowest BCUT2D eigenvalue weighted by molar-refractivity contribution is -0.00768. The van der Waals surface area contributed by atoms with Crippen molar-refractivity contribution in [3.63, 3.8) is 0 Å². The minimum atomic E-state index is 0.304. The standard InChI is InChI=1S/C56H62N4/c1-53(2)31-23-39(53)33-13-17-45(57-49(33)25-31)47-19-15-35-41-27-43(55(41,5)6)37(51(35)59-47)21-29-9-11-30(12-10-29)22-38-44-28-42(56(44,7)8)36-16-20-48(60-52(36)38)46-18-14-34-40-24-32(54(40,3)4)26-50(34)58-46/h9-20,31-32,37-44H,21-28H2,1-8H3/t31-,32-,37+,38+,39+,40+,41+,42+,43-,44-/m0/s1. The van der Waals surface area contributed by atoms with Gasteiger partial charge in [0.2, 0.25) is 0 Å². The molecule has 0 aliphatic heterocycles. The minimum absolute atomic E-state index is 0.304. The summed E-state index contributed by atoms with van der Waals surface area (Å²) in [6.07, 6.45) is 9.55. The zero-order valence-corrected chi connectivity index (χ0v) is 37.1. The molecule has 4 aromatic heterocycles. The van der Waals surface area contributed by atoms with Crippen LogP contribution in [0.15, 0.2) is 72.8 Å². The number of benzene rings is 1. The predicted molar refractivity (Wildman–Crippen MR) is 240 cm³/mol. The van der Waals surface area contributed by atoms with Crippen LogP contribution in [-0.2, 0) is 25.7 Å². The van der Waals surface area contributed by atoms with Gasteiger partial charge in [0.25, 0.3) is 0 Å². The molecule has 10 atom stereocenters. The molecule has 0 radical (unpaired) electrons. The lowest BCUT2D eigenvalue weighted by Crippen LogP contribution is -2.51. The topological polar surface area (TPSA) is 51.6 Å². The fourth-order valence-corrected chi connectivity index (χ4v) is 15.5. The molecule has 12 aliphatic rings. The van der Waals surface area contributed by atoms with Crippen LogP contribution in [0.2, 0.25) is 0 Å². The average molecular weight is 791 g/mol. The molecule has 0 unspecified atom stereocenters. The molecule has 5 aromatic rings. The number of aromatic nitrogens is 4. The molecule has 8 bridgehead atoms. The smallest absolute Gasteiger partial charge is 0.0889 e. The normalized spacial score (nSPS) is 33.9. The zero-order valence-electron chi connectivity index (χ0n) is 37.1. The van der Waals surface area contributed by atoms with Crippen LogP contribution in [0, 0.1) is 45.3 Å². The molecule has 60 heavy (non-hydrogen) atoms. The van der Waals surface area contributed by atoms with Crippen molar-refractivity contribution >= 4 is 0 Å². The highest BCUT2D eigenvalue weighted by Crippen LogP contribution is 2.69. The SMILES string of the molecule is CC1(C)[C@@H]2Cc3nc(-c4ccc5c(n4)[C@H](Cc4ccc(C[C@H]6c7nc(-c8ccc9c(n8)C[C@@H]8C[C@H]9C8(C)C)ccc7[C@H]7C[C@@H]6C7(C)C)cc4)[C@@H]4C[C@H]5C4(C)C)ccc3[C@H]1C2. The maximum Gasteiger partial charge on any atom is 0.0889 e. The summed E-state index contributed by atoms with van der Waals surface area (Å²) in [6, 6.07) is 28.5. The van der Waals surface area contributed by atoms with Gasteiger partial charge in [-0.2, -0.15) is 0 Å². The number of nitrogens with zero attached hydrogens (tertiary/aromatic N) is 4. The van der Waals surface area contributed by atoms with Crippen LogP contribution in [0.25, 0.3) is 22.8 Å². The lowest BCUT2D eigenvalue weighted by Gasteiger charge is -2.60. The molecule has 4 heteroatoms. The van der Waals surface area contributed by atoms with Gasteiger partial charge in [0.15, 0.2) is 0 Å². The second-order valence-corrected chi connectivity index (χ2v) is 23.7. The largest absolute Gasteiger partial charge is 0.251 e. The zero-order chi connectivity index (χ0) is 40.8. The van der Waals surface area contributed by atoms with Crippen LogP contribution in [0.1, 0.15) is 173 Å². The monoisotopic (exact) mass is 790 g/mol. The fourth-order valence-electron chi connectivity index (χ4n) is 15.5. The third-order valence-corrected chi connectivity index (χ3v) is 20.1. The fraction of sp³-hybridized carbons (Fsp3) is 0.536.